The molecule has 0 bridgehead atoms. The third kappa shape index (κ3) is 9.72. The van der Waals surface area contributed by atoms with E-state index in [1.807, 2.05) is 0 Å². The van der Waals surface area contributed by atoms with Gasteiger partial charge in [-0.05, 0) is 0 Å². The zero-order valence-electron chi connectivity index (χ0n) is 4.23. The second-order valence-electron chi connectivity index (χ2n) is 0.783. The molecule has 0 aliphatic carbocycles. The average molecular weight is 148 g/mol. The quantitative estimate of drug-likeness (QED) is 0.190. The van der Waals surface area contributed by atoms with Gasteiger partial charge in [0.25, 0.3) is 0 Å². The molecular weight excluding hydrogens is 145 g/mol. The van der Waals surface area contributed by atoms with Gasteiger partial charge in [0.2, 0.25) is 11.1 Å². The first-order valence-corrected chi connectivity index (χ1v) is 2.60. The van der Waals surface area contributed by atoms with Crippen molar-refractivity contribution in [2.24, 2.45) is 0 Å². The molecular formula is CH3NNaO4S+. The van der Waals surface area contributed by atoms with Gasteiger partial charge in [-0.2, -0.15) is 0 Å². The first kappa shape index (κ1) is 11.3. The van der Waals surface area contributed by atoms with E-state index >= 15 is 0 Å². The normalized spacial score (nSPS) is 11.6. The molecule has 0 saturated heterocycles. The summed E-state index contributed by atoms with van der Waals surface area (Å²) in [5.74, 6) is -0.889. The van der Waals surface area contributed by atoms with Crippen molar-refractivity contribution in [1.29, 1.82) is 0 Å². The molecule has 0 aromatic carbocycles. The monoisotopic (exact) mass is 148 g/mol. The van der Waals surface area contributed by atoms with E-state index in [4.69, 9.17) is 4.55 Å². The Bertz CT molecular complexity index is 92.2. The minimum Gasteiger partial charge on any atom is -0.301 e. The van der Waals surface area contributed by atoms with Crippen molar-refractivity contribution in [2.75, 3.05) is 5.88 Å². The molecule has 0 rings (SSSR count). The van der Waals surface area contributed by atoms with Crippen molar-refractivity contribution < 1.29 is 43.2 Å². The molecule has 8 heavy (non-hydrogen) atoms. The Morgan fingerprint density at radius 1 is 1.75 bits per heavy atom. The third-order valence-electron chi connectivity index (χ3n) is 0.216. The van der Waals surface area contributed by atoms with Crippen LogP contribution >= 0.6 is 0 Å². The van der Waals surface area contributed by atoms with Crippen molar-refractivity contribution in [2.45, 2.75) is 0 Å². The zero-order chi connectivity index (χ0) is 5.86. The van der Waals surface area contributed by atoms with Crippen LogP contribution in [0.3, 0.4) is 0 Å². The van der Waals surface area contributed by atoms with E-state index in [1.165, 1.54) is 0 Å². The fourth-order valence-electron chi connectivity index (χ4n) is 0.0902. The maximum Gasteiger partial charge on any atom is 1.00 e. The number of nitro groups is 1. The summed E-state index contributed by atoms with van der Waals surface area (Å²) in [7, 11) is 0. The predicted octanol–water partition coefficient (Wildman–Crippen LogP) is -3.55. The Hall–Kier alpha value is 0.510. The number of hydrogen-bond donors (Lipinski definition) is 1. The second-order valence-corrected chi connectivity index (χ2v) is 1.68. The minimum absolute atomic E-state index is 0. The minimum atomic E-state index is -2.29. The largest absolute Gasteiger partial charge is 1.00 e. The van der Waals surface area contributed by atoms with Gasteiger partial charge in [0, 0.05) is 4.92 Å². The molecule has 5 nitrogen and oxygen atoms in total. The maximum atomic E-state index is 9.48. The van der Waals surface area contributed by atoms with Crippen molar-refractivity contribution in [3.63, 3.8) is 0 Å². The molecule has 7 heteroatoms. The van der Waals surface area contributed by atoms with Crippen LogP contribution in [0, 0.1) is 10.1 Å². The first-order chi connectivity index (χ1) is 3.13. The molecule has 1 unspecified atom stereocenters. The molecule has 0 radical (unpaired) electrons. The van der Waals surface area contributed by atoms with Crippen LogP contribution in [0.5, 0.6) is 0 Å². The van der Waals surface area contributed by atoms with Gasteiger partial charge >= 0.3 is 35.4 Å². The summed E-state index contributed by atoms with van der Waals surface area (Å²) in [6.45, 7) is 0. The molecule has 42 valence electrons. The summed E-state index contributed by atoms with van der Waals surface area (Å²) < 4.78 is 17.2. The summed E-state index contributed by atoms with van der Waals surface area (Å²) in [5, 5.41) is 9.26. The summed E-state index contributed by atoms with van der Waals surface area (Å²) >= 11 is -2.29. The predicted molar refractivity (Wildman–Crippen MR) is 22.6 cm³/mol. The van der Waals surface area contributed by atoms with Crippen LogP contribution in [0.25, 0.3) is 0 Å². The van der Waals surface area contributed by atoms with Gasteiger partial charge in [0.1, 0.15) is 0 Å². The Labute approximate surface area is 70.2 Å². The van der Waals surface area contributed by atoms with Gasteiger partial charge in [-0.25, -0.2) is 4.21 Å². The molecule has 0 saturated carbocycles. The van der Waals surface area contributed by atoms with Crippen LogP contribution in [0.1, 0.15) is 0 Å². The molecule has 1 N–H and O–H groups in total. The first-order valence-electron chi connectivity index (χ1n) is 1.32. The molecule has 0 aromatic heterocycles. The van der Waals surface area contributed by atoms with E-state index in [-0.39, 0.29) is 29.6 Å². The molecule has 0 amide bonds. The van der Waals surface area contributed by atoms with Crippen LogP contribution in [0.2, 0.25) is 0 Å². The van der Waals surface area contributed by atoms with Gasteiger partial charge in [-0.3, -0.25) is 10.1 Å². The van der Waals surface area contributed by atoms with E-state index in [0.29, 0.717) is 0 Å². The van der Waals surface area contributed by atoms with Crippen molar-refractivity contribution in [1.82, 2.24) is 0 Å². The van der Waals surface area contributed by atoms with Gasteiger partial charge in [-0.15, -0.1) is 0 Å². The van der Waals surface area contributed by atoms with E-state index in [9.17, 15) is 14.3 Å². The standard InChI is InChI=1S/CH3NO4S.Na/c3-2(4)1-7(5)6;/h1H2,(H,5,6);/q;+1. The second kappa shape index (κ2) is 5.64. The number of nitrogens with zero attached hydrogens (tertiary/aromatic N) is 1. The number of rotatable bonds is 2. The van der Waals surface area contributed by atoms with Crippen LogP contribution in [-0.4, -0.2) is 19.6 Å². The zero-order valence-corrected chi connectivity index (χ0v) is 7.05. The summed E-state index contributed by atoms with van der Waals surface area (Å²) in [5.41, 5.74) is 0. The maximum absolute atomic E-state index is 9.48. The van der Waals surface area contributed by atoms with E-state index in [0.717, 1.165) is 0 Å². The Balaban J connectivity index is 0. The van der Waals surface area contributed by atoms with Crippen LogP contribution in [0.15, 0.2) is 0 Å². The fraction of sp³-hybridized carbons (Fsp3) is 1.00. The van der Waals surface area contributed by atoms with Gasteiger partial charge in [0.15, 0.2) is 0 Å². The van der Waals surface area contributed by atoms with Crippen molar-refractivity contribution in [3.05, 3.63) is 10.1 Å². The number of hydrogen-bond acceptors (Lipinski definition) is 3. The topological polar surface area (TPSA) is 80.4 Å². The van der Waals surface area contributed by atoms with Crippen LogP contribution in [0.4, 0.5) is 0 Å². The third-order valence-corrected chi connectivity index (χ3v) is 0.648. The van der Waals surface area contributed by atoms with E-state index < -0.39 is 21.9 Å². The average Bonchev–Trinajstić information content (AvgIpc) is 1.27. The molecule has 0 aromatic rings. The summed E-state index contributed by atoms with van der Waals surface area (Å²) in [4.78, 5) is 8.41. The van der Waals surface area contributed by atoms with Gasteiger partial charge < -0.3 is 4.55 Å². The molecule has 0 aliphatic rings. The van der Waals surface area contributed by atoms with Crippen molar-refractivity contribution in [3.8, 4) is 0 Å². The fourth-order valence-corrected chi connectivity index (χ4v) is 0.271. The smallest absolute Gasteiger partial charge is 0.301 e. The van der Waals surface area contributed by atoms with Crippen LogP contribution in [-0.2, 0) is 11.1 Å². The van der Waals surface area contributed by atoms with Crippen LogP contribution < -0.4 is 29.6 Å². The Kier molecular flexibility index (Phi) is 7.99. The Morgan fingerprint density at radius 3 is 2.12 bits per heavy atom. The SMILES string of the molecule is O=[N+]([O-])CS(=O)O.[Na+]. The van der Waals surface area contributed by atoms with Gasteiger partial charge in [-0.1, -0.05) is 0 Å². The molecule has 0 heterocycles. The molecule has 0 spiro atoms. The summed E-state index contributed by atoms with van der Waals surface area (Å²) in [6.07, 6.45) is 0. The van der Waals surface area contributed by atoms with E-state index in [2.05, 4.69) is 0 Å². The van der Waals surface area contributed by atoms with E-state index in [1.54, 1.807) is 0 Å². The summed E-state index contributed by atoms with van der Waals surface area (Å²) in [6, 6.07) is 0. The molecule has 1 atom stereocenters. The molecule has 0 fully saturated rings. The van der Waals surface area contributed by atoms with Crippen molar-refractivity contribution >= 4 is 11.1 Å². The molecule has 0 aliphatic heterocycles. The Morgan fingerprint density at radius 2 is 2.12 bits per heavy atom. The van der Waals surface area contributed by atoms with Gasteiger partial charge in [0.05, 0.1) is 0 Å².